The minimum atomic E-state index is -0.712. The van der Waals surface area contributed by atoms with Gasteiger partial charge in [0.2, 0.25) is 5.78 Å². The van der Waals surface area contributed by atoms with Crippen molar-refractivity contribution in [1.29, 1.82) is 0 Å². The highest BCUT2D eigenvalue weighted by molar-refractivity contribution is 6.39. The molecular formula is C15H11Cl3O5. The van der Waals surface area contributed by atoms with Gasteiger partial charge in [0.1, 0.15) is 27.3 Å². The topological polar surface area (TPSA) is 76.0 Å². The van der Waals surface area contributed by atoms with Crippen molar-refractivity contribution < 1.29 is 24.5 Å². The third kappa shape index (κ3) is 3.00. The minimum Gasteiger partial charge on any atom is -0.505 e. The molecule has 0 spiro atoms. The Morgan fingerprint density at radius 3 is 2.13 bits per heavy atom. The molecule has 0 saturated heterocycles. The number of rotatable bonds is 4. The Balaban J connectivity index is 2.61. The van der Waals surface area contributed by atoms with E-state index in [9.17, 15) is 15.0 Å². The van der Waals surface area contributed by atoms with E-state index in [0.29, 0.717) is 0 Å². The normalized spacial score (nSPS) is 10.5. The smallest absolute Gasteiger partial charge is 0.200 e. The second-order valence-electron chi connectivity index (χ2n) is 4.41. The van der Waals surface area contributed by atoms with Crippen LogP contribution >= 0.6 is 34.8 Å². The van der Waals surface area contributed by atoms with Crippen LogP contribution in [-0.2, 0) is 0 Å². The molecule has 0 radical (unpaired) electrons. The first-order valence-electron chi connectivity index (χ1n) is 6.18. The molecule has 0 amide bonds. The van der Waals surface area contributed by atoms with Gasteiger partial charge in [-0.25, -0.2) is 0 Å². The summed E-state index contributed by atoms with van der Waals surface area (Å²) in [6, 6.07) is 3.93. The fourth-order valence-corrected chi connectivity index (χ4v) is 2.84. The molecule has 0 aliphatic rings. The Kier molecular flexibility index (Phi) is 5.14. The summed E-state index contributed by atoms with van der Waals surface area (Å²) in [5.41, 5.74) is -0.333. The average Bonchev–Trinajstić information content (AvgIpc) is 2.53. The van der Waals surface area contributed by atoms with Crippen LogP contribution in [0.1, 0.15) is 15.9 Å². The van der Waals surface area contributed by atoms with Crippen molar-refractivity contribution in [3.63, 3.8) is 0 Å². The summed E-state index contributed by atoms with van der Waals surface area (Å²) in [5, 5.41) is 19.9. The molecule has 0 bridgehead atoms. The summed E-state index contributed by atoms with van der Waals surface area (Å²) < 4.78 is 9.90. The molecule has 0 aliphatic heterocycles. The van der Waals surface area contributed by atoms with Crippen molar-refractivity contribution in [3.05, 3.63) is 44.4 Å². The Morgan fingerprint density at radius 1 is 0.957 bits per heavy atom. The summed E-state index contributed by atoms with van der Waals surface area (Å²) in [5.74, 6) is -1.45. The van der Waals surface area contributed by atoms with Gasteiger partial charge in [-0.3, -0.25) is 4.79 Å². The lowest BCUT2D eigenvalue weighted by molar-refractivity contribution is 0.103. The zero-order valence-corrected chi connectivity index (χ0v) is 14.3. The predicted molar refractivity (Wildman–Crippen MR) is 87.8 cm³/mol. The zero-order chi connectivity index (χ0) is 17.3. The Morgan fingerprint density at radius 2 is 1.57 bits per heavy atom. The highest BCUT2D eigenvalue weighted by Crippen LogP contribution is 2.44. The van der Waals surface area contributed by atoms with E-state index in [-0.39, 0.29) is 37.7 Å². The number of phenols is 2. The van der Waals surface area contributed by atoms with E-state index in [2.05, 4.69) is 0 Å². The molecule has 2 aromatic rings. The number of hydrogen-bond acceptors (Lipinski definition) is 5. The van der Waals surface area contributed by atoms with Crippen LogP contribution in [0.4, 0.5) is 0 Å². The van der Waals surface area contributed by atoms with Crippen molar-refractivity contribution >= 4 is 40.6 Å². The maximum atomic E-state index is 12.6. The number of carbonyl (C=O) groups is 1. The monoisotopic (exact) mass is 376 g/mol. The molecule has 2 aromatic carbocycles. The highest BCUT2D eigenvalue weighted by atomic mass is 35.5. The van der Waals surface area contributed by atoms with Crippen molar-refractivity contribution in [3.8, 4) is 23.0 Å². The number of ether oxygens (including phenoxy) is 2. The molecule has 5 nitrogen and oxygen atoms in total. The highest BCUT2D eigenvalue weighted by Gasteiger charge is 2.25. The van der Waals surface area contributed by atoms with Crippen LogP contribution in [0.25, 0.3) is 0 Å². The van der Waals surface area contributed by atoms with Gasteiger partial charge in [0, 0.05) is 0 Å². The molecule has 122 valence electrons. The summed E-state index contributed by atoms with van der Waals surface area (Å²) in [4.78, 5) is 12.6. The van der Waals surface area contributed by atoms with E-state index in [1.165, 1.54) is 32.4 Å². The van der Waals surface area contributed by atoms with E-state index in [1.54, 1.807) is 0 Å². The number of ketones is 1. The van der Waals surface area contributed by atoms with Gasteiger partial charge in [0.25, 0.3) is 0 Å². The van der Waals surface area contributed by atoms with Crippen LogP contribution in [0, 0.1) is 0 Å². The van der Waals surface area contributed by atoms with E-state index in [0.717, 1.165) is 0 Å². The predicted octanol–water partition coefficient (Wildman–Crippen LogP) is 4.31. The molecule has 8 heteroatoms. The number of halogens is 3. The molecule has 2 rings (SSSR count). The van der Waals surface area contributed by atoms with Crippen LogP contribution in [-0.4, -0.2) is 30.2 Å². The maximum Gasteiger partial charge on any atom is 0.200 e. The third-order valence-corrected chi connectivity index (χ3v) is 4.14. The van der Waals surface area contributed by atoms with Crippen molar-refractivity contribution in [2.24, 2.45) is 0 Å². The standard InChI is InChI=1S/C15H11Cl3O5/c1-22-9-4-3-6(13(20)10(9)17)12(19)7-5-8(16)15(23-2)11(18)14(7)21/h3-5,20-21H,1-2H3. The number of hydrogen-bond donors (Lipinski definition) is 2. The molecule has 0 saturated carbocycles. The largest absolute Gasteiger partial charge is 0.505 e. The quantitative estimate of drug-likeness (QED) is 0.777. The van der Waals surface area contributed by atoms with Crippen LogP contribution < -0.4 is 9.47 Å². The van der Waals surface area contributed by atoms with Gasteiger partial charge in [-0.1, -0.05) is 34.8 Å². The first kappa shape index (κ1) is 17.5. The average molecular weight is 378 g/mol. The molecule has 0 aliphatic carbocycles. The van der Waals surface area contributed by atoms with Gasteiger partial charge in [0.05, 0.1) is 30.4 Å². The van der Waals surface area contributed by atoms with Crippen LogP contribution in [0.15, 0.2) is 18.2 Å². The molecule has 2 N–H and O–H groups in total. The summed E-state index contributed by atoms with van der Waals surface area (Å²) >= 11 is 17.8. The number of carbonyl (C=O) groups excluding carboxylic acids is 1. The van der Waals surface area contributed by atoms with Gasteiger partial charge in [-0.05, 0) is 18.2 Å². The van der Waals surface area contributed by atoms with Crippen molar-refractivity contribution in [2.75, 3.05) is 14.2 Å². The van der Waals surface area contributed by atoms with Crippen LogP contribution in [0.5, 0.6) is 23.0 Å². The minimum absolute atomic E-state index is 0.0396. The summed E-state index contributed by atoms with van der Waals surface area (Å²) in [6.45, 7) is 0. The summed E-state index contributed by atoms with van der Waals surface area (Å²) in [6.07, 6.45) is 0. The Labute approximate surface area is 146 Å². The van der Waals surface area contributed by atoms with Crippen LogP contribution in [0.3, 0.4) is 0 Å². The van der Waals surface area contributed by atoms with Gasteiger partial charge in [-0.2, -0.15) is 0 Å². The van der Waals surface area contributed by atoms with Gasteiger partial charge >= 0.3 is 0 Å². The maximum absolute atomic E-state index is 12.6. The molecule has 0 aromatic heterocycles. The number of methoxy groups -OCH3 is 2. The lowest BCUT2D eigenvalue weighted by Crippen LogP contribution is -2.04. The van der Waals surface area contributed by atoms with Crippen molar-refractivity contribution in [2.45, 2.75) is 0 Å². The van der Waals surface area contributed by atoms with E-state index >= 15 is 0 Å². The third-order valence-electron chi connectivity index (χ3n) is 3.14. The van der Waals surface area contributed by atoms with E-state index < -0.39 is 17.3 Å². The van der Waals surface area contributed by atoms with Gasteiger partial charge in [0.15, 0.2) is 5.75 Å². The SMILES string of the molecule is COc1ccc(C(=O)c2cc(Cl)c(OC)c(Cl)c2O)c(O)c1Cl. The van der Waals surface area contributed by atoms with Gasteiger partial charge < -0.3 is 19.7 Å². The Bertz CT molecular complexity index is 789. The lowest BCUT2D eigenvalue weighted by Gasteiger charge is -2.13. The fraction of sp³-hybridized carbons (Fsp3) is 0.133. The van der Waals surface area contributed by atoms with Crippen molar-refractivity contribution in [1.82, 2.24) is 0 Å². The number of benzene rings is 2. The molecule has 23 heavy (non-hydrogen) atoms. The zero-order valence-electron chi connectivity index (χ0n) is 12.0. The molecule has 0 heterocycles. The number of aromatic hydroxyl groups is 2. The lowest BCUT2D eigenvalue weighted by atomic mass is 10.0. The molecule has 0 atom stereocenters. The number of phenolic OH excluding ortho intramolecular Hbond substituents is 2. The second-order valence-corrected chi connectivity index (χ2v) is 5.57. The van der Waals surface area contributed by atoms with Gasteiger partial charge in [-0.15, -0.1) is 0 Å². The summed E-state index contributed by atoms with van der Waals surface area (Å²) in [7, 11) is 2.69. The molecule has 0 fully saturated rings. The fourth-order valence-electron chi connectivity index (χ4n) is 1.98. The van der Waals surface area contributed by atoms with Crippen LogP contribution in [0.2, 0.25) is 15.1 Å². The second kappa shape index (κ2) is 6.74. The van der Waals surface area contributed by atoms with E-state index in [1.807, 2.05) is 0 Å². The first-order chi connectivity index (χ1) is 10.8. The Hall–Kier alpha value is -1.82. The first-order valence-corrected chi connectivity index (χ1v) is 7.31. The van der Waals surface area contributed by atoms with E-state index in [4.69, 9.17) is 44.3 Å². The molecule has 0 unspecified atom stereocenters. The molecular weight excluding hydrogens is 367 g/mol.